The van der Waals surface area contributed by atoms with E-state index in [-0.39, 0.29) is 5.30 Å². The van der Waals surface area contributed by atoms with Gasteiger partial charge in [0.1, 0.15) is 11.4 Å². The molecule has 0 aromatic heterocycles. The van der Waals surface area contributed by atoms with Crippen molar-refractivity contribution in [2.24, 2.45) is 0 Å². The van der Waals surface area contributed by atoms with Crippen molar-refractivity contribution in [2.75, 3.05) is 11.4 Å². The summed E-state index contributed by atoms with van der Waals surface area (Å²) in [4.78, 5) is 18.7. The van der Waals surface area contributed by atoms with E-state index in [2.05, 4.69) is 0 Å². The van der Waals surface area contributed by atoms with E-state index in [0.717, 1.165) is 0 Å². The summed E-state index contributed by atoms with van der Waals surface area (Å²) in [6.07, 6.45) is 0. The van der Waals surface area contributed by atoms with E-state index in [1.165, 1.54) is 24.3 Å². The molecule has 1 atom stereocenters. The van der Waals surface area contributed by atoms with Crippen LogP contribution in [0.2, 0.25) is 0 Å². The van der Waals surface area contributed by atoms with Gasteiger partial charge >= 0.3 is 7.60 Å². The molecule has 2 aromatic carbocycles. The highest BCUT2D eigenvalue weighted by molar-refractivity contribution is 7.92. The zero-order valence-electron chi connectivity index (χ0n) is 10.7. The Bertz CT molecular complexity index is 614. The SMILES string of the molecule is CN(c1ccc(P(=O)(O)O)cc1)[S+]([O-])c1ccccc1. The standard InChI is InChI=1S/C13H14NO4PS/c1-14(20(18)13-5-3-2-4-6-13)11-7-9-12(10-8-11)19(15,16)17/h2-10H,1H3,(H2,15,16,17). The molecule has 0 spiro atoms. The number of nitrogens with zero attached hydrogens (tertiary/aromatic N) is 1. The molecule has 0 aliphatic rings. The highest BCUT2D eigenvalue weighted by Crippen LogP contribution is 2.33. The van der Waals surface area contributed by atoms with Gasteiger partial charge in [0.05, 0.1) is 18.0 Å². The van der Waals surface area contributed by atoms with E-state index in [0.29, 0.717) is 10.6 Å². The minimum Gasteiger partial charge on any atom is -0.588 e. The van der Waals surface area contributed by atoms with Crippen LogP contribution in [0.25, 0.3) is 0 Å². The summed E-state index contributed by atoms with van der Waals surface area (Å²) in [6, 6.07) is 14.7. The molecule has 2 N–H and O–H groups in total. The number of rotatable bonds is 4. The first-order chi connectivity index (χ1) is 9.39. The van der Waals surface area contributed by atoms with E-state index >= 15 is 0 Å². The zero-order chi connectivity index (χ0) is 14.8. The Morgan fingerprint density at radius 1 is 1.05 bits per heavy atom. The molecule has 0 radical (unpaired) electrons. The first kappa shape index (κ1) is 15.1. The van der Waals surface area contributed by atoms with Crippen molar-refractivity contribution < 1.29 is 18.9 Å². The fourth-order valence-corrected chi connectivity index (χ4v) is 3.20. The van der Waals surface area contributed by atoms with Gasteiger partial charge in [-0.2, -0.15) is 4.31 Å². The van der Waals surface area contributed by atoms with Crippen LogP contribution in [0.1, 0.15) is 0 Å². The second-order valence-corrected chi connectivity index (χ2v) is 7.24. The molecule has 0 bridgehead atoms. The topological polar surface area (TPSA) is 83.8 Å². The predicted octanol–water partition coefficient (Wildman–Crippen LogP) is 1.65. The van der Waals surface area contributed by atoms with Crippen LogP contribution in [-0.4, -0.2) is 21.4 Å². The lowest BCUT2D eigenvalue weighted by molar-refractivity contribution is 0.387. The summed E-state index contributed by atoms with van der Waals surface area (Å²) in [5, 5.41) is -0.0554. The maximum absolute atomic E-state index is 12.3. The smallest absolute Gasteiger partial charge is 0.356 e. The fraction of sp³-hybridized carbons (Fsp3) is 0.0769. The van der Waals surface area contributed by atoms with E-state index in [9.17, 15) is 9.12 Å². The second-order valence-electron chi connectivity index (χ2n) is 4.12. The average molecular weight is 311 g/mol. The lowest BCUT2D eigenvalue weighted by Crippen LogP contribution is -2.26. The molecule has 2 rings (SSSR count). The van der Waals surface area contributed by atoms with Gasteiger partial charge in [0.15, 0.2) is 4.90 Å². The molecule has 20 heavy (non-hydrogen) atoms. The summed E-state index contributed by atoms with van der Waals surface area (Å²) >= 11 is -1.37. The molecular weight excluding hydrogens is 297 g/mol. The molecule has 106 valence electrons. The van der Waals surface area contributed by atoms with Crippen LogP contribution in [0.4, 0.5) is 5.69 Å². The Balaban J connectivity index is 2.21. The Labute approximate surface area is 120 Å². The normalized spacial score (nSPS) is 13.0. The molecule has 5 nitrogen and oxygen atoms in total. The van der Waals surface area contributed by atoms with Crippen molar-refractivity contribution in [3.05, 3.63) is 54.6 Å². The van der Waals surface area contributed by atoms with Gasteiger partial charge < -0.3 is 14.3 Å². The lowest BCUT2D eigenvalue weighted by Gasteiger charge is -2.21. The number of anilines is 1. The first-order valence-corrected chi connectivity index (χ1v) is 8.48. The predicted molar refractivity (Wildman–Crippen MR) is 79.4 cm³/mol. The van der Waals surface area contributed by atoms with Crippen molar-refractivity contribution in [2.45, 2.75) is 4.90 Å². The van der Waals surface area contributed by atoms with Gasteiger partial charge in [-0.25, -0.2) is 0 Å². The maximum atomic E-state index is 12.3. The quantitative estimate of drug-likeness (QED) is 0.662. The molecule has 0 fully saturated rings. The van der Waals surface area contributed by atoms with Crippen LogP contribution < -0.4 is 9.61 Å². The van der Waals surface area contributed by atoms with Crippen LogP contribution in [0, 0.1) is 0 Å². The highest BCUT2D eigenvalue weighted by Gasteiger charge is 2.21. The fourth-order valence-electron chi connectivity index (χ4n) is 1.65. The van der Waals surface area contributed by atoms with Gasteiger partial charge in [-0.3, -0.25) is 4.57 Å². The van der Waals surface area contributed by atoms with E-state index in [1.807, 2.05) is 6.07 Å². The molecule has 0 aliphatic carbocycles. The molecule has 1 unspecified atom stereocenters. The number of hydrogen-bond donors (Lipinski definition) is 2. The Hall–Kier alpha value is -1.30. The maximum Gasteiger partial charge on any atom is 0.356 e. The van der Waals surface area contributed by atoms with Gasteiger partial charge in [0.25, 0.3) is 0 Å². The third-order valence-corrected chi connectivity index (χ3v) is 5.10. The summed E-state index contributed by atoms with van der Waals surface area (Å²) in [6.45, 7) is 0. The van der Waals surface area contributed by atoms with Crippen molar-refractivity contribution in [1.82, 2.24) is 0 Å². The summed E-state index contributed by atoms with van der Waals surface area (Å²) in [7, 11) is -2.58. The third-order valence-electron chi connectivity index (χ3n) is 2.74. The van der Waals surface area contributed by atoms with E-state index in [1.54, 1.807) is 35.6 Å². The van der Waals surface area contributed by atoms with Gasteiger partial charge in [0.2, 0.25) is 0 Å². The van der Waals surface area contributed by atoms with E-state index < -0.39 is 19.0 Å². The summed E-state index contributed by atoms with van der Waals surface area (Å²) in [5.74, 6) is 0. The minimum absolute atomic E-state index is 0.0554. The summed E-state index contributed by atoms with van der Waals surface area (Å²) in [5.41, 5.74) is 0.615. The van der Waals surface area contributed by atoms with Crippen molar-refractivity contribution >= 4 is 29.9 Å². The van der Waals surface area contributed by atoms with Gasteiger partial charge in [-0.05, 0) is 36.4 Å². The Morgan fingerprint density at radius 2 is 1.60 bits per heavy atom. The number of hydrogen-bond acceptors (Lipinski definition) is 3. The van der Waals surface area contributed by atoms with Gasteiger partial charge in [-0.1, -0.05) is 18.2 Å². The first-order valence-electron chi connectivity index (χ1n) is 5.76. The zero-order valence-corrected chi connectivity index (χ0v) is 12.4. The third kappa shape index (κ3) is 3.42. The van der Waals surface area contributed by atoms with Crippen molar-refractivity contribution in [3.63, 3.8) is 0 Å². The molecule has 2 aromatic rings. The summed E-state index contributed by atoms with van der Waals surface area (Å²) < 4.78 is 24.9. The van der Waals surface area contributed by atoms with Crippen LogP contribution in [0.5, 0.6) is 0 Å². The van der Waals surface area contributed by atoms with Crippen LogP contribution in [-0.2, 0) is 15.9 Å². The Kier molecular flexibility index (Phi) is 4.52. The highest BCUT2D eigenvalue weighted by atomic mass is 32.2. The van der Waals surface area contributed by atoms with Gasteiger partial charge in [-0.15, -0.1) is 0 Å². The average Bonchev–Trinajstić information content (AvgIpc) is 2.46. The Morgan fingerprint density at radius 3 is 2.10 bits per heavy atom. The second kappa shape index (κ2) is 5.99. The van der Waals surface area contributed by atoms with Crippen molar-refractivity contribution in [1.29, 1.82) is 0 Å². The van der Waals surface area contributed by atoms with Crippen LogP contribution >= 0.6 is 7.60 Å². The molecule has 0 saturated heterocycles. The molecule has 0 heterocycles. The largest absolute Gasteiger partial charge is 0.588 e. The number of benzene rings is 2. The van der Waals surface area contributed by atoms with Crippen LogP contribution in [0.15, 0.2) is 59.5 Å². The molecule has 0 aliphatic heterocycles. The minimum atomic E-state index is -4.24. The van der Waals surface area contributed by atoms with Crippen molar-refractivity contribution in [3.8, 4) is 0 Å². The van der Waals surface area contributed by atoms with Crippen LogP contribution in [0.3, 0.4) is 0 Å². The van der Waals surface area contributed by atoms with E-state index in [4.69, 9.17) is 9.79 Å². The molecule has 0 amide bonds. The molecule has 7 heteroatoms. The lowest BCUT2D eigenvalue weighted by atomic mass is 10.3. The molecular formula is C13H14NO4PS. The monoisotopic (exact) mass is 311 g/mol. The van der Waals surface area contributed by atoms with Gasteiger partial charge in [0, 0.05) is 0 Å². The molecule has 0 saturated carbocycles.